The van der Waals surface area contributed by atoms with Crippen molar-refractivity contribution in [2.45, 2.75) is 0 Å². The molecule has 1 saturated heterocycles. The van der Waals surface area contributed by atoms with E-state index in [9.17, 15) is 9.18 Å². The topological polar surface area (TPSA) is 41.4 Å². The number of hydrogen-bond donors (Lipinski definition) is 0. The van der Waals surface area contributed by atoms with Gasteiger partial charge in [-0.1, -0.05) is 17.7 Å². The Bertz CT molecular complexity index is 678. The van der Waals surface area contributed by atoms with Gasteiger partial charge in [-0.2, -0.15) is 0 Å². The van der Waals surface area contributed by atoms with Crippen LogP contribution in [-0.2, 0) is 7.05 Å². The van der Waals surface area contributed by atoms with E-state index in [1.54, 1.807) is 11.1 Å². The quantitative estimate of drug-likeness (QED) is 0.828. The summed E-state index contributed by atoms with van der Waals surface area (Å²) in [6.07, 6.45) is 3.62. The highest BCUT2D eigenvalue weighted by atomic mass is 35.5. The number of carbonyl (C=O) groups excluding carboxylic acids is 1. The van der Waals surface area contributed by atoms with E-state index in [4.69, 9.17) is 11.6 Å². The Morgan fingerprint density at radius 3 is 2.52 bits per heavy atom. The smallest absolute Gasteiger partial charge is 0.258 e. The maximum absolute atomic E-state index is 13.9. The van der Waals surface area contributed by atoms with Crippen molar-refractivity contribution in [1.29, 1.82) is 0 Å². The lowest BCUT2D eigenvalue weighted by atomic mass is 10.1. The molecule has 2 aromatic rings. The third-order valence-electron chi connectivity index (χ3n) is 3.82. The van der Waals surface area contributed by atoms with E-state index in [1.807, 2.05) is 17.8 Å². The Hall–Kier alpha value is -1.79. The van der Waals surface area contributed by atoms with E-state index < -0.39 is 5.82 Å². The van der Waals surface area contributed by atoms with Crippen molar-refractivity contribution in [3.05, 3.63) is 47.0 Å². The molecule has 1 aromatic carbocycles. The van der Waals surface area contributed by atoms with Crippen LogP contribution in [0.15, 0.2) is 30.6 Å². The average molecular weight is 359 g/mol. The highest BCUT2D eigenvalue weighted by molar-refractivity contribution is 6.33. The minimum atomic E-state index is -0.580. The van der Waals surface area contributed by atoms with Crippen molar-refractivity contribution >= 4 is 35.9 Å². The highest BCUT2D eigenvalue weighted by Gasteiger charge is 2.26. The third kappa shape index (κ3) is 3.43. The van der Waals surface area contributed by atoms with Crippen LogP contribution in [0.3, 0.4) is 0 Å². The Balaban J connectivity index is 0.00000192. The zero-order chi connectivity index (χ0) is 15.7. The number of anilines is 1. The molecule has 0 spiro atoms. The molecular weight excluding hydrogens is 342 g/mol. The van der Waals surface area contributed by atoms with Gasteiger partial charge in [0.05, 0.1) is 10.6 Å². The molecule has 0 atom stereocenters. The maximum Gasteiger partial charge on any atom is 0.258 e. The van der Waals surface area contributed by atoms with Crippen molar-refractivity contribution in [2.24, 2.45) is 7.05 Å². The molecule has 23 heavy (non-hydrogen) atoms. The number of aromatic nitrogens is 2. The molecule has 0 saturated carbocycles. The van der Waals surface area contributed by atoms with Crippen molar-refractivity contribution < 1.29 is 9.18 Å². The third-order valence-corrected chi connectivity index (χ3v) is 4.14. The first-order chi connectivity index (χ1) is 10.6. The van der Waals surface area contributed by atoms with Crippen LogP contribution in [0.5, 0.6) is 0 Å². The van der Waals surface area contributed by atoms with Crippen molar-refractivity contribution in [2.75, 3.05) is 31.1 Å². The molecule has 0 radical (unpaired) electrons. The average Bonchev–Trinajstić information content (AvgIpc) is 2.93. The predicted molar refractivity (Wildman–Crippen MR) is 90.0 cm³/mol. The number of carbonyl (C=O) groups is 1. The number of amides is 1. The first-order valence-electron chi connectivity index (χ1n) is 7.03. The monoisotopic (exact) mass is 358 g/mol. The van der Waals surface area contributed by atoms with Gasteiger partial charge in [-0.05, 0) is 12.1 Å². The van der Waals surface area contributed by atoms with E-state index >= 15 is 0 Å². The summed E-state index contributed by atoms with van der Waals surface area (Å²) >= 11 is 5.96. The molecule has 0 aliphatic carbocycles. The molecule has 1 aliphatic rings. The lowest BCUT2D eigenvalue weighted by molar-refractivity contribution is 0.0741. The summed E-state index contributed by atoms with van der Waals surface area (Å²) in [7, 11) is 1.93. The van der Waals surface area contributed by atoms with Crippen LogP contribution in [0.25, 0.3) is 0 Å². The zero-order valence-electron chi connectivity index (χ0n) is 12.6. The number of piperazine rings is 1. The first-order valence-corrected chi connectivity index (χ1v) is 7.41. The second kappa shape index (κ2) is 7.19. The van der Waals surface area contributed by atoms with Gasteiger partial charge < -0.3 is 14.4 Å². The van der Waals surface area contributed by atoms with Crippen LogP contribution in [0.2, 0.25) is 5.02 Å². The molecule has 1 amide bonds. The minimum Gasteiger partial charge on any atom is -0.339 e. The van der Waals surface area contributed by atoms with Gasteiger partial charge in [0.1, 0.15) is 5.82 Å². The molecule has 2 heterocycles. The normalized spacial score (nSPS) is 14.6. The molecule has 0 N–H and O–H groups in total. The van der Waals surface area contributed by atoms with Gasteiger partial charge in [-0.15, -0.1) is 12.4 Å². The van der Waals surface area contributed by atoms with Gasteiger partial charge in [-0.25, -0.2) is 9.37 Å². The van der Waals surface area contributed by atoms with E-state index in [0.717, 1.165) is 5.95 Å². The minimum absolute atomic E-state index is 0. The van der Waals surface area contributed by atoms with Gasteiger partial charge >= 0.3 is 0 Å². The van der Waals surface area contributed by atoms with Gasteiger partial charge in [-0.3, -0.25) is 4.79 Å². The first kappa shape index (κ1) is 17.6. The zero-order valence-corrected chi connectivity index (χ0v) is 14.1. The fraction of sp³-hybridized carbons (Fsp3) is 0.333. The number of benzene rings is 1. The Labute approximate surface area is 145 Å². The SMILES string of the molecule is Cl.Cn1ccnc1N1CCN(C(=O)c2c(F)cccc2Cl)CC1. The highest BCUT2D eigenvalue weighted by Crippen LogP contribution is 2.22. The van der Waals surface area contributed by atoms with Gasteiger partial charge in [0.25, 0.3) is 5.91 Å². The van der Waals surface area contributed by atoms with E-state index in [0.29, 0.717) is 26.2 Å². The van der Waals surface area contributed by atoms with Crippen molar-refractivity contribution in [3.8, 4) is 0 Å². The molecule has 1 fully saturated rings. The molecule has 5 nitrogen and oxygen atoms in total. The second-order valence-corrected chi connectivity index (χ2v) is 5.62. The number of rotatable bonds is 2. The largest absolute Gasteiger partial charge is 0.339 e. The summed E-state index contributed by atoms with van der Waals surface area (Å²) < 4.78 is 15.8. The van der Waals surface area contributed by atoms with Crippen LogP contribution in [0.4, 0.5) is 10.3 Å². The molecule has 1 aliphatic heterocycles. The molecule has 0 bridgehead atoms. The summed E-state index contributed by atoms with van der Waals surface area (Å²) in [5.74, 6) is -0.0670. The van der Waals surface area contributed by atoms with E-state index in [1.165, 1.54) is 18.2 Å². The van der Waals surface area contributed by atoms with Crippen LogP contribution < -0.4 is 4.90 Å². The molecule has 0 unspecified atom stereocenters. The second-order valence-electron chi connectivity index (χ2n) is 5.21. The van der Waals surface area contributed by atoms with Crippen molar-refractivity contribution in [1.82, 2.24) is 14.5 Å². The number of imidazole rings is 1. The number of aryl methyl sites for hydroxylation is 1. The van der Waals surface area contributed by atoms with Gasteiger partial charge in [0.2, 0.25) is 5.95 Å². The fourth-order valence-corrected chi connectivity index (χ4v) is 2.88. The van der Waals surface area contributed by atoms with Gasteiger partial charge in [0, 0.05) is 45.6 Å². The lowest BCUT2D eigenvalue weighted by Crippen LogP contribution is -2.49. The number of halogens is 3. The molecule has 1 aromatic heterocycles. The van der Waals surface area contributed by atoms with E-state index in [2.05, 4.69) is 9.88 Å². The Morgan fingerprint density at radius 1 is 1.26 bits per heavy atom. The van der Waals surface area contributed by atoms with Crippen LogP contribution >= 0.6 is 24.0 Å². The summed E-state index contributed by atoms with van der Waals surface area (Å²) in [4.78, 5) is 20.5. The molecule has 8 heteroatoms. The standard InChI is InChI=1S/C15H16ClFN4O.ClH/c1-19-6-5-18-15(19)21-9-7-20(8-10-21)14(22)13-11(16)3-2-4-12(13)17;/h2-6H,7-10H2,1H3;1H. The Morgan fingerprint density at radius 2 is 1.96 bits per heavy atom. The lowest BCUT2D eigenvalue weighted by Gasteiger charge is -2.35. The summed E-state index contributed by atoms with van der Waals surface area (Å²) in [6.45, 7) is 2.33. The summed E-state index contributed by atoms with van der Waals surface area (Å²) in [6, 6.07) is 4.28. The Kier molecular flexibility index (Phi) is 5.49. The molecule has 3 rings (SSSR count). The van der Waals surface area contributed by atoms with Crippen LogP contribution in [0.1, 0.15) is 10.4 Å². The van der Waals surface area contributed by atoms with E-state index in [-0.39, 0.29) is 28.9 Å². The summed E-state index contributed by atoms with van der Waals surface area (Å²) in [5.41, 5.74) is -0.0467. The van der Waals surface area contributed by atoms with Crippen LogP contribution in [0, 0.1) is 5.82 Å². The predicted octanol–water partition coefficient (Wildman–Crippen LogP) is 2.60. The number of nitrogens with zero attached hydrogens (tertiary/aromatic N) is 4. The van der Waals surface area contributed by atoms with Crippen LogP contribution in [-0.4, -0.2) is 46.5 Å². The van der Waals surface area contributed by atoms with Crippen molar-refractivity contribution in [3.63, 3.8) is 0 Å². The molecule has 124 valence electrons. The number of hydrogen-bond acceptors (Lipinski definition) is 3. The summed E-state index contributed by atoms with van der Waals surface area (Å²) in [5, 5.41) is 0.150. The maximum atomic E-state index is 13.9. The fourth-order valence-electron chi connectivity index (χ4n) is 2.63. The molecular formula is C15H17Cl2FN4O. The van der Waals surface area contributed by atoms with Gasteiger partial charge in [0.15, 0.2) is 0 Å².